The summed E-state index contributed by atoms with van der Waals surface area (Å²) in [5.74, 6) is 2.25. The van der Waals surface area contributed by atoms with E-state index in [1.807, 2.05) is 25.2 Å². The molecule has 7 nitrogen and oxygen atoms in total. The van der Waals surface area contributed by atoms with Crippen molar-refractivity contribution in [2.24, 2.45) is 15.9 Å². The Balaban J connectivity index is 1.50. The predicted octanol–water partition coefficient (Wildman–Crippen LogP) is 4.95. The van der Waals surface area contributed by atoms with Crippen LogP contribution >= 0.6 is 0 Å². The van der Waals surface area contributed by atoms with Gasteiger partial charge in [0.1, 0.15) is 5.84 Å². The lowest BCUT2D eigenvalue weighted by Gasteiger charge is -2.24. The van der Waals surface area contributed by atoms with Crippen LogP contribution in [-0.2, 0) is 16.0 Å². The molecule has 1 unspecified atom stereocenters. The third kappa shape index (κ3) is 6.94. The first-order valence-corrected chi connectivity index (χ1v) is 13.0. The predicted molar refractivity (Wildman–Crippen MR) is 145 cm³/mol. The van der Waals surface area contributed by atoms with Crippen molar-refractivity contribution in [3.05, 3.63) is 65.0 Å². The van der Waals surface area contributed by atoms with Gasteiger partial charge in [0.25, 0.3) is 0 Å². The van der Waals surface area contributed by atoms with E-state index in [2.05, 4.69) is 35.3 Å². The van der Waals surface area contributed by atoms with Gasteiger partial charge < -0.3 is 20.1 Å². The van der Waals surface area contributed by atoms with Gasteiger partial charge in [-0.15, -0.1) is 0 Å². The maximum atomic E-state index is 12.7. The Hall–Kier alpha value is -3.19. The van der Waals surface area contributed by atoms with Gasteiger partial charge in [-0.2, -0.15) is 0 Å². The van der Waals surface area contributed by atoms with E-state index < -0.39 is 0 Å². The van der Waals surface area contributed by atoms with Crippen molar-refractivity contribution in [1.82, 2.24) is 10.2 Å². The summed E-state index contributed by atoms with van der Waals surface area (Å²) in [6.45, 7) is 8.75. The molecule has 7 heteroatoms. The zero-order valence-corrected chi connectivity index (χ0v) is 21.7. The highest BCUT2D eigenvalue weighted by atomic mass is 16.5. The molecule has 0 radical (unpaired) electrons. The molecule has 3 heterocycles. The fourth-order valence-corrected chi connectivity index (χ4v) is 4.75. The van der Waals surface area contributed by atoms with Crippen molar-refractivity contribution >= 4 is 23.3 Å². The fraction of sp³-hybridized carbons (Fsp3) is 0.483. The number of aryl methyl sites for hydroxylation is 1. The van der Waals surface area contributed by atoms with E-state index in [9.17, 15) is 9.90 Å². The number of aliphatic imine (C=N–C) groups is 2. The topological polar surface area (TPSA) is 86.5 Å². The first-order valence-electron chi connectivity index (χ1n) is 13.0. The molecule has 0 aliphatic carbocycles. The monoisotopic (exact) mass is 490 g/mol. The van der Waals surface area contributed by atoms with Gasteiger partial charge in [-0.1, -0.05) is 30.4 Å². The second-order valence-corrected chi connectivity index (χ2v) is 9.96. The number of amides is 1. The maximum absolute atomic E-state index is 12.7. The van der Waals surface area contributed by atoms with Crippen LogP contribution in [0.2, 0.25) is 0 Å². The number of likely N-dealkylation sites (tertiary alicyclic amines) is 1. The molecular formula is C29H38N4O3. The molecule has 2 N–H and O–H groups in total. The minimum absolute atomic E-state index is 0.0644. The lowest BCUT2D eigenvalue weighted by atomic mass is 9.99. The highest BCUT2D eigenvalue weighted by molar-refractivity contribution is 6.09. The minimum atomic E-state index is 0.0644. The molecule has 1 amide bonds. The summed E-state index contributed by atoms with van der Waals surface area (Å²) in [5.41, 5.74) is 4.27. The molecule has 3 aliphatic heterocycles. The van der Waals surface area contributed by atoms with E-state index in [1.54, 1.807) is 13.0 Å². The van der Waals surface area contributed by atoms with Crippen LogP contribution in [0.4, 0.5) is 5.69 Å². The molecule has 3 aliphatic rings. The molecule has 1 atom stereocenters. The van der Waals surface area contributed by atoms with Crippen molar-refractivity contribution < 1.29 is 14.6 Å². The lowest BCUT2D eigenvalue weighted by molar-refractivity contribution is -0.128. The number of rotatable bonds is 6. The lowest BCUT2D eigenvalue weighted by Crippen LogP contribution is -2.42. The molecule has 0 saturated carbocycles. The number of ether oxygens (including phenoxy) is 1. The van der Waals surface area contributed by atoms with Crippen LogP contribution in [0.5, 0.6) is 0 Å². The Morgan fingerprint density at radius 2 is 2.03 bits per heavy atom. The van der Waals surface area contributed by atoms with Crippen LogP contribution in [0.3, 0.4) is 0 Å². The highest BCUT2D eigenvalue weighted by Crippen LogP contribution is 2.27. The molecule has 36 heavy (non-hydrogen) atoms. The third-order valence-electron chi connectivity index (χ3n) is 6.93. The average Bonchev–Trinajstić information content (AvgIpc) is 3.24. The van der Waals surface area contributed by atoms with Crippen LogP contribution in [0, 0.1) is 12.8 Å². The van der Waals surface area contributed by atoms with E-state index in [0.29, 0.717) is 37.7 Å². The molecule has 192 valence electrons. The Morgan fingerprint density at radius 3 is 2.81 bits per heavy atom. The van der Waals surface area contributed by atoms with Gasteiger partial charge in [0, 0.05) is 44.7 Å². The number of aliphatic hydroxyl groups is 1. The average molecular weight is 491 g/mol. The number of aliphatic hydroxyl groups excluding tert-OH is 1. The van der Waals surface area contributed by atoms with Crippen LogP contribution < -0.4 is 5.32 Å². The van der Waals surface area contributed by atoms with Crippen LogP contribution in [0.1, 0.15) is 50.7 Å². The van der Waals surface area contributed by atoms with Gasteiger partial charge in [-0.25, -0.2) is 9.98 Å². The fourth-order valence-electron chi connectivity index (χ4n) is 4.75. The summed E-state index contributed by atoms with van der Waals surface area (Å²) in [5, 5.41) is 12.6. The number of carbonyl (C=O) groups excluding carboxylic acids is 1. The number of allylic oxidation sites excluding steroid dienone is 5. The summed E-state index contributed by atoms with van der Waals surface area (Å²) in [6, 6.07) is 6.52. The van der Waals surface area contributed by atoms with E-state index >= 15 is 0 Å². The number of carbonyl (C=O) groups is 1. The Kier molecular flexibility index (Phi) is 8.75. The smallest absolute Gasteiger partial charge is 0.223 e. The normalized spacial score (nSPS) is 21.8. The Labute approximate surface area is 214 Å². The van der Waals surface area contributed by atoms with Crippen molar-refractivity contribution in [3.63, 3.8) is 0 Å². The van der Waals surface area contributed by atoms with Gasteiger partial charge in [0.2, 0.25) is 5.91 Å². The van der Waals surface area contributed by atoms with Gasteiger partial charge >= 0.3 is 0 Å². The SMILES string of the molecule is C/C(O)=C\CC=C/C=C(\C)C1=Nc2cc(C)ccc2CC(N2CCC(NC(=O)C3CCOCC3)C2)=N1. The molecule has 4 rings (SSSR count). The second-order valence-electron chi connectivity index (χ2n) is 9.96. The number of fused-ring (bicyclic) bond motifs is 1. The molecule has 2 saturated heterocycles. The van der Waals surface area contributed by atoms with Gasteiger partial charge in [0.15, 0.2) is 5.84 Å². The first kappa shape index (κ1) is 25.9. The quantitative estimate of drug-likeness (QED) is 0.436. The molecule has 0 bridgehead atoms. The summed E-state index contributed by atoms with van der Waals surface area (Å²) in [7, 11) is 0. The van der Waals surface area contributed by atoms with Crippen molar-refractivity contribution in [3.8, 4) is 0 Å². The maximum Gasteiger partial charge on any atom is 0.223 e. The molecule has 1 aromatic carbocycles. The second kappa shape index (κ2) is 12.2. The van der Waals surface area contributed by atoms with E-state index in [1.165, 1.54) is 5.56 Å². The van der Waals surface area contributed by atoms with Crippen molar-refractivity contribution in [1.29, 1.82) is 0 Å². The van der Waals surface area contributed by atoms with Gasteiger partial charge in [-0.3, -0.25) is 4.79 Å². The molecule has 0 aromatic heterocycles. The number of benzene rings is 1. The molecular weight excluding hydrogens is 452 g/mol. The van der Waals surface area contributed by atoms with Crippen LogP contribution in [0.25, 0.3) is 0 Å². The van der Waals surface area contributed by atoms with Gasteiger partial charge in [-0.05, 0) is 75.3 Å². The van der Waals surface area contributed by atoms with Gasteiger partial charge in [0.05, 0.1) is 11.4 Å². The summed E-state index contributed by atoms with van der Waals surface area (Å²) < 4.78 is 5.40. The Morgan fingerprint density at radius 1 is 1.22 bits per heavy atom. The number of nitrogens with one attached hydrogen (secondary N) is 1. The zero-order chi connectivity index (χ0) is 25.5. The van der Waals surface area contributed by atoms with Crippen LogP contribution in [0.15, 0.2) is 63.8 Å². The summed E-state index contributed by atoms with van der Waals surface area (Å²) >= 11 is 0. The summed E-state index contributed by atoms with van der Waals surface area (Å²) in [6.07, 6.45) is 11.7. The minimum Gasteiger partial charge on any atom is -0.513 e. The van der Waals surface area contributed by atoms with Crippen molar-refractivity contribution in [2.45, 2.75) is 58.9 Å². The standard InChI is InChI=1S/C29H38N4O3/c1-20-9-10-24-18-27(33-14-11-25(19-33)30-29(35)23-12-15-36-16-13-23)32-28(31-26(24)17-20)21(2)7-5-4-6-8-22(3)34/h4-5,7-10,17,23,25,34H,6,11-16,18-19H2,1-3H3,(H,30,35)/b5-4?,21-7+,22-8+. The number of nitrogens with zero attached hydrogens (tertiary/aromatic N) is 3. The number of amidine groups is 2. The number of hydrogen-bond donors (Lipinski definition) is 2. The first-order chi connectivity index (χ1) is 17.4. The largest absolute Gasteiger partial charge is 0.513 e. The van der Waals surface area contributed by atoms with E-state index in [-0.39, 0.29) is 17.9 Å². The van der Waals surface area contributed by atoms with E-state index in [0.717, 1.165) is 55.0 Å². The zero-order valence-electron chi connectivity index (χ0n) is 21.7. The Bertz CT molecular complexity index is 1110. The van der Waals surface area contributed by atoms with Crippen molar-refractivity contribution in [2.75, 3.05) is 26.3 Å². The van der Waals surface area contributed by atoms with E-state index in [4.69, 9.17) is 14.7 Å². The molecule has 0 spiro atoms. The third-order valence-corrected chi connectivity index (χ3v) is 6.93. The summed E-state index contributed by atoms with van der Waals surface area (Å²) in [4.78, 5) is 25.0. The molecule has 1 aromatic rings. The number of hydrogen-bond acceptors (Lipinski definition) is 6. The van der Waals surface area contributed by atoms with Crippen LogP contribution in [-0.4, -0.2) is 59.9 Å². The highest BCUT2D eigenvalue weighted by Gasteiger charge is 2.30. The molecule has 2 fully saturated rings.